The van der Waals surface area contributed by atoms with Gasteiger partial charge in [-0.1, -0.05) is 6.07 Å². The van der Waals surface area contributed by atoms with E-state index in [0.717, 1.165) is 16.7 Å². The highest BCUT2D eigenvalue weighted by molar-refractivity contribution is 7.17. The summed E-state index contributed by atoms with van der Waals surface area (Å²) in [5, 5.41) is 8.81. The summed E-state index contributed by atoms with van der Waals surface area (Å²) in [6, 6.07) is 8.06. The van der Waals surface area contributed by atoms with Crippen LogP contribution in [-0.4, -0.2) is 17.4 Å². The van der Waals surface area contributed by atoms with E-state index >= 15 is 0 Å². The Kier molecular flexibility index (Phi) is 2.93. The van der Waals surface area contributed by atoms with Crippen LogP contribution in [0.2, 0.25) is 0 Å². The van der Waals surface area contributed by atoms with Crippen molar-refractivity contribution in [2.24, 2.45) is 0 Å². The van der Waals surface area contributed by atoms with E-state index in [9.17, 15) is 9.59 Å². The second-order valence-electron chi connectivity index (χ2n) is 3.43. The highest BCUT2D eigenvalue weighted by Gasteiger charge is 2.09. The Balaban J connectivity index is 2.46. The quantitative estimate of drug-likeness (QED) is 0.645. The van der Waals surface area contributed by atoms with Gasteiger partial charge in [0.15, 0.2) is 6.29 Å². The van der Waals surface area contributed by atoms with Gasteiger partial charge in [0.25, 0.3) is 0 Å². The number of benzene rings is 1. The molecule has 4 nitrogen and oxygen atoms in total. The first-order valence-corrected chi connectivity index (χ1v) is 5.61. The summed E-state index contributed by atoms with van der Waals surface area (Å²) >= 11 is 1.32. The van der Waals surface area contributed by atoms with E-state index in [2.05, 4.69) is 0 Å². The molecule has 86 valence electrons. The predicted molar refractivity (Wildman–Crippen MR) is 66.5 cm³/mol. The van der Waals surface area contributed by atoms with Crippen molar-refractivity contribution in [1.82, 2.24) is 0 Å². The number of hydrogen-bond donors (Lipinski definition) is 2. The minimum absolute atomic E-state index is 0.151. The van der Waals surface area contributed by atoms with E-state index in [-0.39, 0.29) is 5.56 Å². The summed E-state index contributed by atoms with van der Waals surface area (Å²) in [5.74, 6) is -1.01. The number of carbonyl (C=O) groups excluding carboxylic acids is 1. The van der Waals surface area contributed by atoms with Crippen LogP contribution in [0.25, 0.3) is 10.4 Å². The molecule has 0 aliphatic rings. The fourth-order valence-electron chi connectivity index (χ4n) is 1.48. The van der Waals surface area contributed by atoms with Gasteiger partial charge in [0, 0.05) is 16.1 Å². The number of carbonyl (C=O) groups is 2. The van der Waals surface area contributed by atoms with Gasteiger partial charge in [-0.3, -0.25) is 4.79 Å². The number of nitrogens with two attached hydrogens (primary N) is 1. The molecule has 0 saturated heterocycles. The summed E-state index contributed by atoms with van der Waals surface area (Å²) in [4.78, 5) is 22.8. The van der Waals surface area contributed by atoms with Crippen molar-refractivity contribution in [2.45, 2.75) is 0 Å². The third-order valence-electron chi connectivity index (χ3n) is 2.31. The maximum atomic E-state index is 10.8. The van der Waals surface area contributed by atoms with E-state index in [1.807, 2.05) is 0 Å². The fraction of sp³-hybridized carbons (Fsp3) is 0. The Morgan fingerprint density at radius 2 is 2.06 bits per heavy atom. The lowest BCUT2D eigenvalue weighted by atomic mass is 10.1. The molecule has 0 saturated carbocycles. The molecule has 1 aromatic carbocycles. The van der Waals surface area contributed by atoms with Crippen molar-refractivity contribution in [1.29, 1.82) is 0 Å². The molecule has 0 bridgehead atoms. The summed E-state index contributed by atoms with van der Waals surface area (Å²) < 4.78 is 0. The van der Waals surface area contributed by atoms with Gasteiger partial charge in [-0.15, -0.1) is 11.3 Å². The van der Waals surface area contributed by atoms with Gasteiger partial charge in [0.2, 0.25) is 0 Å². The molecule has 1 aromatic heterocycles. The highest BCUT2D eigenvalue weighted by atomic mass is 32.1. The zero-order valence-corrected chi connectivity index (χ0v) is 9.53. The van der Waals surface area contributed by atoms with Crippen LogP contribution >= 0.6 is 11.3 Å². The first-order valence-electron chi connectivity index (χ1n) is 4.80. The second-order valence-corrected chi connectivity index (χ2v) is 4.54. The molecule has 2 aromatic rings. The molecular weight excluding hydrogens is 238 g/mol. The lowest BCUT2D eigenvalue weighted by Gasteiger charge is -2.04. The monoisotopic (exact) mass is 247 g/mol. The van der Waals surface area contributed by atoms with Crippen molar-refractivity contribution in [2.75, 3.05) is 5.73 Å². The standard InChI is InChI=1S/C12H9NO3S/c13-10-5-7(12(15)16)1-3-9(10)11-4-2-8(6-14)17-11/h1-6H,13H2,(H,15,16). The van der Waals surface area contributed by atoms with Gasteiger partial charge in [0.1, 0.15) is 0 Å². The van der Waals surface area contributed by atoms with Crippen molar-refractivity contribution in [3.63, 3.8) is 0 Å². The Labute approximate surface area is 101 Å². The zero-order chi connectivity index (χ0) is 12.4. The lowest BCUT2D eigenvalue weighted by Crippen LogP contribution is -1.98. The molecule has 0 amide bonds. The molecule has 0 aliphatic carbocycles. The first-order chi connectivity index (χ1) is 8.11. The molecule has 0 unspecified atom stereocenters. The number of thiophene rings is 1. The molecule has 0 radical (unpaired) electrons. The minimum Gasteiger partial charge on any atom is -0.478 e. The molecule has 1 heterocycles. The molecule has 5 heteroatoms. The smallest absolute Gasteiger partial charge is 0.335 e. The number of carboxylic acids is 1. The Morgan fingerprint density at radius 1 is 1.29 bits per heavy atom. The van der Waals surface area contributed by atoms with E-state index < -0.39 is 5.97 Å². The molecule has 3 N–H and O–H groups in total. The Bertz CT molecular complexity index is 589. The molecule has 0 atom stereocenters. The van der Waals surface area contributed by atoms with Crippen molar-refractivity contribution < 1.29 is 14.7 Å². The third-order valence-corrected chi connectivity index (χ3v) is 3.35. The number of nitrogen functional groups attached to an aromatic ring is 1. The van der Waals surface area contributed by atoms with Gasteiger partial charge in [0.05, 0.1) is 10.4 Å². The van der Waals surface area contributed by atoms with Crippen LogP contribution in [-0.2, 0) is 0 Å². The zero-order valence-electron chi connectivity index (χ0n) is 8.71. The van der Waals surface area contributed by atoms with Crippen LogP contribution in [0.5, 0.6) is 0 Å². The van der Waals surface area contributed by atoms with Crippen molar-refractivity contribution >= 4 is 29.3 Å². The van der Waals surface area contributed by atoms with Gasteiger partial charge in [-0.2, -0.15) is 0 Å². The number of aldehydes is 1. The number of hydrogen-bond acceptors (Lipinski definition) is 4. The van der Waals surface area contributed by atoms with Crippen LogP contribution < -0.4 is 5.73 Å². The Morgan fingerprint density at radius 3 is 2.59 bits per heavy atom. The van der Waals surface area contributed by atoms with Gasteiger partial charge >= 0.3 is 5.97 Å². The molecule has 2 rings (SSSR count). The van der Waals surface area contributed by atoms with Crippen LogP contribution in [0.4, 0.5) is 5.69 Å². The van der Waals surface area contributed by atoms with Crippen LogP contribution in [0.3, 0.4) is 0 Å². The van der Waals surface area contributed by atoms with Crippen molar-refractivity contribution in [3.05, 3.63) is 40.8 Å². The summed E-state index contributed by atoms with van der Waals surface area (Å²) in [5.41, 5.74) is 7.08. The average Bonchev–Trinajstić information content (AvgIpc) is 2.77. The second kappa shape index (κ2) is 4.39. The van der Waals surface area contributed by atoms with Gasteiger partial charge in [-0.05, 0) is 24.3 Å². The molecular formula is C12H9NO3S. The van der Waals surface area contributed by atoms with Crippen LogP contribution in [0, 0.1) is 0 Å². The van der Waals surface area contributed by atoms with Gasteiger partial charge in [-0.25, -0.2) is 4.79 Å². The average molecular weight is 247 g/mol. The van der Waals surface area contributed by atoms with E-state index in [0.29, 0.717) is 10.6 Å². The normalized spacial score (nSPS) is 10.1. The van der Waals surface area contributed by atoms with E-state index in [1.165, 1.54) is 23.5 Å². The minimum atomic E-state index is -1.01. The van der Waals surface area contributed by atoms with Crippen LogP contribution in [0.1, 0.15) is 20.0 Å². The number of anilines is 1. The maximum absolute atomic E-state index is 10.8. The molecule has 0 aliphatic heterocycles. The van der Waals surface area contributed by atoms with E-state index in [4.69, 9.17) is 10.8 Å². The number of aromatic carboxylic acids is 1. The largest absolute Gasteiger partial charge is 0.478 e. The molecule has 17 heavy (non-hydrogen) atoms. The number of rotatable bonds is 3. The SMILES string of the molecule is Nc1cc(C(=O)O)ccc1-c1ccc(C=O)s1. The first kappa shape index (κ1) is 11.3. The lowest BCUT2D eigenvalue weighted by molar-refractivity contribution is 0.0697. The summed E-state index contributed by atoms with van der Waals surface area (Å²) in [6.07, 6.45) is 0.774. The number of carboxylic acid groups (broad SMARTS) is 1. The van der Waals surface area contributed by atoms with Crippen LogP contribution in [0.15, 0.2) is 30.3 Å². The van der Waals surface area contributed by atoms with Crippen molar-refractivity contribution in [3.8, 4) is 10.4 Å². The Hall–Kier alpha value is -2.14. The van der Waals surface area contributed by atoms with E-state index in [1.54, 1.807) is 18.2 Å². The topological polar surface area (TPSA) is 80.4 Å². The van der Waals surface area contributed by atoms with Gasteiger partial charge < -0.3 is 10.8 Å². The maximum Gasteiger partial charge on any atom is 0.335 e. The summed E-state index contributed by atoms with van der Waals surface area (Å²) in [6.45, 7) is 0. The molecule has 0 fully saturated rings. The predicted octanol–water partition coefficient (Wildman–Crippen LogP) is 2.51. The third kappa shape index (κ3) is 2.19. The molecule has 0 spiro atoms. The fourth-order valence-corrected chi connectivity index (χ4v) is 2.35. The highest BCUT2D eigenvalue weighted by Crippen LogP contribution is 2.32. The summed E-state index contributed by atoms with van der Waals surface area (Å²) in [7, 11) is 0.